The Balaban J connectivity index is 1.54. The summed E-state index contributed by atoms with van der Waals surface area (Å²) in [5.41, 5.74) is 7.30. The number of sulfonamides is 1. The van der Waals surface area contributed by atoms with Crippen molar-refractivity contribution in [3.63, 3.8) is 0 Å². The third kappa shape index (κ3) is 5.31. The lowest BCUT2D eigenvalue weighted by Gasteiger charge is -2.27. The first-order valence-corrected chi connectivity index (χ1v) is 15.4. The zero-order chi connectivity index (χ0) is 29.5. The highest BCUT2D eigenvalue weighted by molar-refractivity contribution is 7.89. The second-order valence-corrected chi connectivity index (χ2v) is 12.8. The van der Waals surface area contributed by atoms with Crippen LogP contribution < -0.4 is 9.80 Å². The van der Waals surface area contributed by atoms with E-state index in [9.17, 15) is 18.3 Å². The molecule has 3 heterocycles. The number of carboxylic acids is 1. The Morgan fingerprint density at radius 2 is 1.93 bits per heavy atom. The minimum Gasteiger partial charge on any atom is -0.481 e. The summed E-state index contributed by atoms with van der Waals surface area (Å²) in [4.78, 5) is 21.1. The van der Waals surface area contributed by atoms with Crippen LogP contribution in [-0.2, 0) is 32.7 Å². The molecule has 1 aromatic heterocycles. The molecule has 0 fully saturated rings. The van der Waals surface area contributed by atoms with Gasteiger partial charge >= 0.3 is 5.97 Å². The van der Waals surface area contributed by atoms with Crippen molar-refractivity contribution in [3.05, 3.63) is 82.2 Å². The Hall–Kier alpha value is -3.47. The van der Waals surface area contributed by atoms with Crippen LogP contribution in [0.15, 0.2) is 53.6 Å². The number of aryl methyl sites for hydroxylation is 1. The maximum atomic E-state index is 13.7. The number of aromatic nitrogens is 1. The smallest absolute Gasteiger partial charge is 0.304 e. The highest BCUT2D eigenvalue weighted by Crippen LogP contribution is 2.45. The topological polar surface area (TPSA) is 103 Å². The molecular formula is C31H38N4O5S. The van der Waals surface area contributed by atoms with E-state index in [1.54, 1.807) is 18.3 Å². The van der Waals surface area contributed by atoms with Crippen LogP contribution in [0.3, 0.4) is 0 Å². The summed E-state index contributed by atoms with van der Waals surface area (Å²) in [6, 6.07) is 13.2. The quantitative estimate of drug-likeness (QED) is 0.432. The summed E-state index contributed by atoms with van der Waals surface area (Å²) >= 11 is 0. The first-order valence-electron chi connectivity index (χ1n) is 14.0. The molecule has 5 rings (SSSR count). The van der Waals surface area contributed by atoms with Gasteiger partial charge in [0.05, 0.1) is 36.7 Å². The Bertz CT molecular complexity index is 1570. The molecular weight excluding hydrogens is 540 g/mol. The minimum absolute atomic E-state index is 0.0756. The van der Waals surface area contributed by atoms with Crippen LogP contribution >= 0.6 is 0 Å². The van der Waals surface area contributed by atoms with Crippen molar-refractivity contribution in [2.45, 2.75) is 63.7 Å². The molecule has 2 aliphatic heterocycles. The number of ether oxygens (including phenoxy) is 1. The first kappa shape index (κ1) is 29.0. The van der Waals surface area contributed by atoms with Gasteiger partial charge in [-0.25, -0.2) is 8.42 Å². The van der Waals surface area contributed by atoms with Crippen molar-refractivity contribution < 1.29 is 23.1 Å². The number of carboxylic acid groups (broad SMARTS) is 1. The monoisotopic (exact) mass is 578 g/mol. The highest BCUT2D eigenvalue weighted by atomic mass is 32.2. The number of benzene rings is 2. The summed E-state index contributed by atoms with van der Waals surface area (Å²) in [6.45, 7) is 6.94. The molecule has 1 N–H and O–H groups in total. The average molecular weight is 579 g/mol. The van der Waals surface area contributed by atoms with E-state index in [2.05, 4.69) is 48.8 Å². The van der Waals surface area contributed by atoms with E-state index in [0.717, 1.165) is 45.6 Å². The summed E-state index contributed by atoms with van der Waals surface area (Å²) in [7, 11) is 0.372. The number of carbonyl (C=O) groups is 1. The van der Waals surface area contributed by atoms with Gasteiger partial charge in [-0.05, 0) is 66.3 Å². The van der Waals surface area contributed by atoms with Crippen LogP contribution in [0.2, 0.25) is 0 Å². The highest BCUT2D eigenvalue weighted by Gasteiger charge is 2.34. The van der Waals surface area contributed by atoms with E-state index in [-0.39, 0.29) is 43.8 Å². The molecule has 0 saturated carbocycles. The van der Waals surface area contributed by atoms with Gasteiger partial charge in [-0.3, -0.25) is 9.78 Å². The van der Waals surface area contributed by atoms with Crippen molar-refractivity contribution in [1.82, 2.24) is 9.29 Å². The van der Waals surface area contributed by atoms with Gasteiger partial charge < -0.3 is 19.6 Å². The maximum absolute atomic E-state index is 13.7. The fraction of sp³-hybridized carbons (Fsp3) is 0.419. The van der Waals surface area contributed by atoms with E-state index in [4.69, 9.17) is 4.74 Å². The van der Waals surface area contributed by atoms with Gasteiger partial charge in [0.1, 0.15) is 11.1 Å². The molecule has 2 aliphatic rings. The number of nitrogens with zero attached hydrogens (tertiary/aromatic N) is 4. The van der Waals surface area contributed by atoms with Crippen LogP contribution in [0.4, 0.5) is 11.4 Å². The van der Waals surface area contributed by atoms with E-state index < -0.39 is 21.9 Å². The van der Waals surface area contributed by atoms with Gasteiger partial charge in [-0.2, -0.15) is 4.31 Å². The van der Waals surface area contributed by atoms with Crippen molar-refractivity contribution in [2.24, 2.45) is 0 Å². The molecule has 3 aromatic rings. The normalized spacial score (nSPS) is 19.3. The van der Waals surface area contributed by atoms with Crippen molar-refractivity contribution in [3.8, 4) is 0 Å². The molecule has 0 bridgehead atoms. The molecule has 0 amide bonds. The van der Waals surface area contributed by atoms with Crippen LogP contribution in [0, 0.1) is 13.8 Å². The lowest BCUT2D eigenvalue weighted by Crippen LogP contribution is -2.38. The predicted molar refractivity (Wildman–Crippen MR) is 159 cm³/mol. The zero-order valence-electron chi connectivity index (χ0n) is 24.3. The first-order chi connectivity index (χ1) is 19.5. The molecule has 0 spiro atoms. The van der Waals surface area contributed by atoms with E-state index >= 15 is 0 Å². The summed E-state index contributed by atoms with van der Waals surface area (Å²) in [6.07, 6.45) is 2.70. The van der Waals surface area contributed by atoms with E-state index in [0.29, 0.717) is 5.69 Å². The standard InChI is InChI=1S/C31H38N4O5S/c1-6-29-33(4)27-12-11-24(21(3)31(27)34(29)5)25(17-30(36)37)22-10-9-20(2)23(16-22)18-35-14-15-40-19-26-28(41(35,38)39)8-7-13-32-26/h7-13,16,25,29H,6,14-15,17-19H2,1-5H3,(H,36,37). The van der Waals surface area contributed by atoms with Crippen LogP contribution in [-0.4, -0.2) is 62.2 Å². The van der Waals surface area contributed by atoms with Gasteiger partial charge in [0.15, 0.2) is 0 Å². The molecule has 0 aliphatic carbocycles. The SMILES string of the molecule is CCC1N(C)c2ccc(C(CC(=O)O)c3ccc(C)c(CN4CCOCc5ncccc5S4(=O)=O)c3)c(C)c2N1C. The number of fused-ring (bicyclic) bond motifs is 2. The second kappa shape index (κ2) is 11.4. The Morgan fingerprint density at radius 3 is 2.66 bits per heavy atom. The van der Waals surface area contributed by atoms with Crippen molar-refractivity contribution in [2.75, 3.05) is 37.0 Å². The number of pyridine rings is 1. The molecule has 0 saturated heterocycles. The molecule has 41 heavy (non-hydrogen) atoms. The van der Waals surface area contributed by atoms with Crippen LogP contribution in [0.5, 0.6) is 0 Å². The molecule has 9 nitrogen and oxygen atoms in total. The fourth-order valence-corrected chi connectivity index (χ4v) is 7.86. The number of aliphatic carboxylic acids is 1. The average Bonchev–Trinajstić information content (AvgIpc) is 3.19. The summed E-state index contributed by atoms with van der Waals surface area (Å²) < 4.78 is 34.5. The van der Waals surface area contributed by atoms with Crippen LogP contribution in [0.25, 0.3) is 0 Å². The van der Waals surface area contributed by atoms with Gasteiger partial charge in [0.25, 0.3) is 0 Å². The number of rotatable bonds is 7. The minimum atomic E-state index is -3.81. The Kier molecular flexibility index (Phi) is 8.09. The molecule has 2 unspecified atom stereocenters. The zero-order valence-corrected chi connectivity index (χ0v) is 25.1. The molecule has 10 heteroatoms. The van der Waals surface area contributed by atoms with Crippen molar-refractivity contribution in [1.29, 1.82) is 0 Å². The van der Waals surface area contributed by atoms with E-state index in [1.165, 1.54) is 4.31 Å². The van der Waals surface area contributed by atoms with E-state index in [1.807, 2.05) is 31.2 Å². The maximum Gasteiger partial charge on any atom is 0.304 e. The Labute approximate surface area is 242 Å². The lowest BCUT2D eigenvalue weighted by molar-refractivity contribution is -0.137. The molecule has 218 valence electrons. The predicted octanol–water partition coefficient (Wildman–Crippen LogP) is 4.65. The Morgan fingerprint density at radius 1 is 1.15 bits per heavy atom. The van der Waals surface area contributed by atoms with Gasteiger partial charge in [-0.1, -0.05) is 31.2 Å². The third-order valence-electron chi connectivity index (χ3n) is 8.51. The lowest BCUT2D eigenvalue weighted by atomic mass is 9.84. The summed E-state index contributed by atoms with van der Waals surface area (Å²) in [5.74, 6) is -1.28. The second-order valence-electron chi connectivity index (χ2n) is 10.9. The number of hydrogen-bond donors (Lipinski definition) is 1. The molecule has 2 aromatic carbocycles. The summed E-state index contributed by atoms with van der Waals surface area (Å²) in [5, 5.41) is 9.94. The fourth-order valence-electron chi connectivity index (χ4n) is 6.30. The van der Waals surface area contributed by atoms with Gasteiger partial charge in [0.2, 0.25) is 10.0 Å². The number of anilines is 2. The van der Waals surface area contributed by atoms with Gasteiger partial charge in [0, 0.05) is 39.3 Å². The molecule has 0 radical (unpaired) electrons. The third-order valence-corrected chi connectivity index (χ3v) is 10.4. The van der Waals surface area contributed by atoms with Crippen molar-refractivity contribution >= 4 is 27.4 Å². The molecule has 2 atom stereocenters. The largest absolute Gasteiger partial charge is 0.481 e. The van der Waals surface area contributed by atoms with Crippen LogP contribution in [0.1, 0.15) is 59.2 Å². The van der Waals surface area contributed by atoms with Gasteiger partial charge in [-0.15, -0.1) is 0 Å². The number of hydrogen-bond acceptors (Lipinski definition) is 7.